The van der Waals surface area contributed by atoms with Crippen molar-refractivity contribution in [2.45, 2.75) is 19.8 Å². The topological polar surface area (TPSA) is 35.0 Å². The maximum atomic E-state index is 5.33. The van der Waals surface area contributed by atoms with Crippen LogP contribution in [0.3, 0.4) is 0 Å². The van der Waals surface area contributed by atoms with Crippen molar-refractivity contribution in [3.63, 3.8) is 0 Å². The van der Waals surface area contributed by atoms with Crippen molar-refractivity contribution in [1.29, 1.82) is 0 Å². The number of methoxy groups -OCH3 is 1. The van der Waals surface area contributed by atoms with E-state index in [9.17, 15) is 0 Å². The monoisotopic (exact) mass is 254 g/mol. The molecule has 98 valence electrons. The largest absolute Gasteiger partial charge is 0.481 e. The van der Waals surface area contributed by atoms with Crippen LogP contribution in [0.1, 0.15) is 29.5 Å². The number of hydrogen-bond donors (Lipinski definition) is 0. The molecule has 0 N–H and O–H groups in total. The van der Waals surface area contributed by atoms with Crippen LogP contribution < -0.4 is 4.74 Å². The first kappa shape index (κ1) is 13.3. The minimum absolute atomic E-state index is 0.0525. The van der Waals surface area contributed by atoms with Crippen molar-refractivity contribution >= 4 is 0 Å². The number of benzene rings is 1. The number of rotatable bonds is 4. The molecular formula is C16H18N2O. The molecule has 0 amide bonds. The van der Waals surface area contributed by atoms with Crippen molar-refractivity contribution in [3.8, 4) is 5.88 Å². The van der Waals surface area contributed by atoms with Gasteiger partial charge in [-0.1, -0.05) is 42.0 Å². The molecule has 2 rings (SSSR count). The summed E-state index contributed by atoms with van der Waals surface area (Å²) in [5.41, 5.74) is 4.39. The number of aromatic nitrogens is 2. The SMILES string of the molecule is C=C(C)[C@@H](c1ccc(C)cc1)c1cncnc1OC. The zero-order valence-corrected chi connectivity index (χ0v) is 11.6. The molecule has 3 nitrogen and oxygen atoms in total. The van der Waals surface area contributed by atoms with Crippen LogP contribution in [0.25, 0.3) is 0 Å². The smallest absolute Gasteiger partial charge is 0.220 e. The predicted octanol–water partition coefficient (Wildman–Crippen LogP) is 3.50. The highest BCUT2D eigenvalue weighted by Gasteiger charge is 2.20. The normalized spacial score (nSPS) is 11.9. The third kappa shape index (κ3) is 2.81. The maximum Gasteiger partial charge on any atom is 0.220 e. The third-order valence-corrected chi connectivity index (χ3v) is 3.11. The molecule has 0 unspecified atom stereocenters. The molecule has 0 saturated carbocycles. The van der Waals surface area contributed by atoms with Gasteiger partial charge in [-0.2, -0.15) is 0 Å². The van der Waals surface area contributed by atoms with E-state index in [-0.39, 0.29) is 5.92 Å². The molecule has 3 heteroatoms. The van der Waals surface area contributed by atoms with Gasteiger partial charge in [0.05, 0.1) is 7.11 Å². The molecule has 0 aliphatic rings. The highest BCUT2D eigenvalue weighted by atomic mass is 16.5. The maximum absolute atomic E-state index is 5.33. The first-order chi connectivity index (χ1) is 9.13. The van der Waals surface area contributed by atoms with E-state index in [0.29, 0.717) is 5.88 Å². The fourth-order valence-corrected chi connectivity index (χ4v) is 2.19. The van der Waals surface area contributed by atoms with Crippen LogP contribution in [-0.4, -0.2) is 17.1 Å². The van der Waals surface area contributed by atoms with E-state index in [0.717, 1.165) is 11.1 Å². The van der Waals surface area contributed by atoms with Crippen molar-refractivity contribution in [2.75, 3.05) is 7.11 Å². The summed E-state index contributed by atoms with van der Waals surface area (Å²) in [6.45, 7) is 8.18. The van der Waals surface area contributed by atoms with E-state index in [2.05, 4.69) is 47.7 Å². The summed E-state index contributed by atoms with van der Waals surface area (Å²) in [6, 6.07) is 8.42. The molecule has 19 heavy (non-hydrogen) atoms. The average molecular weight is 254 g/mol. The van der Waals surface area contributed by atoms with Crippen molar-refractivity contribution in [3.05, 3.63) is 65.6 Å². The van der Waals surface area contributed by atoms with Crippen LogP contribution in [0.4, 0.5) is 0 Å². The van der Waals surface area contributed by atoms with E-state index < -0.39 is 0 Å². The van der Waals surface area contributed by atoms with Crippen LogP contribution in [0.15, 0.2) is 48.9 Å². The second kappa shape index (κ2) is 5.65. The molecule has 1 aromatic heterocycles. The van der Waals surface area contributed by atoms with E-state index in [1.165, 1.54) is 17.5 Å². The highest BCUT2D eigenvalue weighted by molar-refractivity contribution is 5.43. The Morgan fingerprint density at radius 2 is 1.95 bits per heavy atom. The molecule has 0 bridgehead atoms. The van der Waals surface area contributed by atoms with Crippen molar-refractivity contribution in [1.82, 2.24) is 9.97 Å². The quantitative estimate of drug-likeness (QED) is 0.783. The number of allylic oxidation sites excluding steroid dienone is 1. The Hall–Kier alpha value is -2.16. The Bertz CT molecular complexity index is 576. The molecule has 2 aromatic rings. The molecular weight excluding hydrogens is 236 g/mol. The number of aryl methyl sites for hydroxylation is 1. The van der Waals surface area contributed by atoms with Crippen molar-refractivity contribution in [2.24, 2.45) is 0 Å². The summed E-state index contributed by atoms with van der Waals surface area (Å²) in [4.78, 5) is 8.28. The lowest BCUT2D eigenvalue weighted by atomic mass is 9.87. The van der Waals surface area contributed by atoms with Crippen molar-refractivity contribution < 1.29 is 4.74 Å². The summed E-state index contributed by atoms with van der Waals surface area (Å²) in [5.74, 6) is 0.653. The molecule has 0 radical (unpaired) electrons. The summed E-state index contributed by atoms with van der Waals surface area (Å²) in [5, 5.41) is 0. The Labute approximate surface area is 114 Å². The van der Waals surface area contributed by atoms with Crippen LogP contribution in [0.2, 0.25) is 0 Å². The van der Waals surface area contributed by atoms with E-state index in [1.54, 1.807) is 13.3 Å². The summed E-state index contributed by atoms with van der Waals surface area (Å²) in [7, 11) is 1.62. The van der Waals surface area contributed by atoms with Gasteiger partial charge in [-0.3, -0.25) is 0 Å². The third-order valence-electron chi connectivity index (χ3n) is 3.11. The lowest BCUT2D eigenvalue weighted by molar-refractivity contribution is 0.390. The van der Waals surface area contributed by atoms with Crippen LogP contribution in [0.5, 0.6) is 5.88 Å². The van der Waals surface area contributed by atoms with Gasteiger partial charge in [-0.25, -0.2) is 9.97 Å². The lowest BCUT2D eigenvalue weighted by Gasteiger charge is -2.19. The second-order valence-electron chi connectivity index (χ2n) is 4.68. The zero-order valence-electron chi connectivity index (χ0n) is 11.6. The summed E-state index contributed by atoms with van der Waals surface area (Å²) < 4.78 is 5.33. The number of hydrogen-bond acceptors (Lipinski definition) is 3. The minimum Gasteiger partial charge on any atom is -0.481 e. The van der Waals surface area contributed by atoms with Gasteiger partial charge in [0.2, 0.25) is 5.88 Å². The molecule has 0 spiro atoms. The molecule has 0 aliphatic carbocycles. The van der Waals surface area contributed by atoms with Gasteiger partial charge in [-0.15, -0.1) is 0 Å². The second-order valence-corrected chi connectivity index (χ2v) is 4.68. The fourth-order valence-electron chi connectivity index (χ4n) is 2.19. The molecule has 0 fully saturated rings. The van der Waals surface area contributed by atoms with Crippen LogP contribution >= 0.6 is 0 Å². The van der Waals surface area contributed by atoms with Gasteiger partial charge < -0.3 is 4.74 Å². The Morgan fingerprint density at radius 1 is 1.26 bits per heavy atom. The zero-order chi connectivity index (χ0) is 13.8. The van der Waals surface area contributed by atoms with Gasteiger partial charge in [0.1, 0.15) is 6.33 Å². The predicted molar refractivity (Wildman–Crippen MR) is 76.4 cm³/mol. The standard InChI is InChI=1S/C16H18N2O/c1-11(2)15(13-7-5-12(3)6-8-13)14-9-17-10-18-16(14)19-4/h5-10,15H,1H2,2-4H3/t15-/m0/s1. The van der Waals surface area contributed by atoms with Gasteiger partial charge in [0.25, 0.3) is 0 Å². The van der Waals surface area contributed by atoms with Crippen LogP contribution in [0, 0.1) is 6.92 Å². The molecule has 1 atom stereocenters. The Kier molecular flexibility index (Phi) is 3.95. The van der Waals surface area contributed by atoms with Gasteiger partial charge >= 0.3 is 0 Å². The molecule has 0 saturated heterocycles. The van der Waals surface area contributed by atoms with Gasteiger partial charge in [-0.05, 0) is 19.4 Å². The fraction of sp³-hybridized carbons (Fsp3) is 0.250. The van der Waals surface area contributed by atoms with E-state index in [4.69, 9.17) is 4.74 Å². The first-order valence-electron chi connectivity index (χ1n) is 6.19. The Morgan fingerprint density at radius 3 is 2.53 bits per heavy atom. The van der Waals surface area contributed by atoms with Crippen LogP contribution in [-0.2, 0) is 0 Å². The first-order valence-corrected chi connectivity index (χ1v) is 6.19. The average Bonchev–Trinajstić information content (AvgIpc) is 2.41. The minimum atomic E-state index is 0.0525. The van der Waals surface area contributed by atoms with Gasteiger partial charge in [0, 0.05) is 17.7 Å². The van der Waals surface area contributed by atoms with E-state index >= 15 is 0 Å². The molecule has 0 aliphatic heterocycles. The van der Waals surface area contributed by atoms with Gasteiger partial charge in [0.15, 0.2) is 0 Å². The molecule has 1 heterocycles. The summed E-state index contributed by atoms with van der Waals surface area (Å²) >= 11 is 0. The number of nitrogens with zero attached hydrogens (tertiary/aromatic N) is 2. The molecule has 1 aromatic carbocycles. The van der Waals surface area contributed by atoms with E-state index in [1.807, 2.05) is 6.92 Å². The highest BCUT2D eigenvalue weighted by Crippen LogP contribution is 2.34. The Balaban J connectivity index is 2.51. The number of ether oxygens (including phenoxy) is 1. The summed E-state index contributed by atoms with van der Waals surface area (Å²) in [6.07, 6.45) is 3.29. The lowest BCUT2D eigenvalue weighted by Crippen LogP contribution is -2.06.